The fourth-order valence-electron chi connectivity index (χ4n) is 2.13. The first kappa shape index (κ1) is 16.0. The normalized spacial score (nSPS) is 11.2. The van der Waals surface area contributed by atoms with Crippen LogP contribution in [0.2, 0.25) is 0 Å². The van der Waals surface area contributed by atoms with Crippen molar-refractivity contribution in [3.05, 3.63) is 29.8 Å². The fraction of sp³-hybridized carbons (Fsp3) is 0.467. The number of carbonyl (C=O) groups excluding carboxylic acids is 1. The fourth-order valence-corrected chi connectivity index (χ4v) is 2.13. The molecule has 0 heterocycles. The highest BCUT2D eigenvalue weighted by Crippen LogP contribution is 2.17. The van der Waals surface area contributed by atoms with Gasteiger partial charge >= 0.3 is 5.97 Å². The van der Waals surface area contributed by atoms with Crippen molar-refractivity contribution in [1.82, 2.24) is 4.90 Å². The number of anilines is 1. The number of aryl methyl sites for hydroxylation is 1. The lowest BCUT2D eigenvalue weighted by Crippen LogP contribution is -2.52. The number of nitrogens with two attached hydrogens (primary N) is 1. The number of benzene rings is 1. The predicted octanol–water partition coefficient (Wildman–Crippen LogP) is 1.91. The van der Waals surface area contributed by atoms with Crippen LogP contribution in [0.15, 0.2) is 24.3 Å². The largest absolute Gasteiger partial charge is 0.480 e. The van der Waals surface area contributed by atoms with Crippen molar-refractivity contribution >= 4 is 17.6 Å². The molecular formula is C15H22N2O3. The van der Waals surface area contributed by atoms with E-state index in [2.05, 4.69) is 0 Å². The van der Waals surface area contributed by atoms with Gasteiger partial charge in [0.05, 0.1) is 0 Å². The second-order valence-corrected chi connectivity index (χ2v) is 5.25. The zero-order valence-corrected chi connectivity index (χ0v) is 12.2. The van der Waals surface area contributed by atoms with E-state index in [1.165, 1.54) is 18.7 Å². The maximum Gasteiger partial charge on any atom is 0.329 e. The Bertz CT molecular complexity index is 498. The molecule has 5 heteroatoms. The maximum absolute atomic E-state index is 12.2. The lowest BCUT2D eigenvalue weighted by Gasteiger charge is -2.34. The molecule has 0 bridgehead atoms. The van der Waals surface area contributed by atoms with E-state index < -0.39 is 11.5 Å². The van der Waals surface area contributed by atoms with Gasteiger partial charge in [-0.25, -0.2) is 4.79 Å². The Balaban J connectivity index is 2.72. The summed E-state index contributed by atoms with van der Waals surface area (Å²) in [6.07, 6.45) is 0.823. The van der Waals surface area contributed by atoms with Crippen molar-refractivity contribution < 1.29 is 14.7 Å². The summed E-state index contributed by atoms with van der Waals surface area (Å²) in [5.41, 5.74) is 6.13. The van der Waals surface area contributed by atoms with Crippen molar-refractivity contribution in [1.29, 1.82) is 0 Å². The number of carboxylic acid groups (broad SMARTS) is 1. The van der Waals surface area contributed by atoms with E-state index in [0.29, 0.717) is 18.7 Å². The molecule has 0 aromatic heterocycles. The van der Waals surface area contributed by atoms with Crippen molar-refractivity contribution in [3.63, 3.8) is 0 Å². The van der Waals surface area contributed by atoms with Gasteiger partial charge in [0.25, 0.3) is 0 Å². The Morgan fingerprint density at radius 1 is 1.35 bits per heavy atom. The first-order valence-corrected chi connectivity index (χ1v) is 6.67. The van der Waals surface area contributed by atoms with Crippen LogP contribution in [-0.2, 0) is 16.0 Å². The molecule has 0 saturated carbocycles. The second-order valence-electron chi connectivity index (χ2n) is 5.25. The van der Waals surface area contributed by atoms with E-state index in [-0.39, 0.29) is 12.3 Å². The number of hydrogen-bond acceptors (Lipinski definition) is 3. The van der Waals surface area contributed by atoms with Crippen LogP contribution in [0.5, 0.6) is 0 Å². The van der Waals surface area contributed by atoms with Crippen LogP contribution in [0, 0.1) is 0 Å². The highest BCUT2D eigenvalue weighted by atomic mass is 16.4. The molecule has 0 aliphatic rings. The van der Waals surface area contributed by atoms with E-state index in [1.807, 2.05) is 18.2 Å². The number of aliphatic carboxylic acids is 1. The van der Waals surface area contributed by atoms with Gasteiger partial charge in [0.2, 0.25) is 5.91 Å². The molecule has 20 heavy (non-hydrogen) atoms. The average molecular weight is 278 g/mol. The first-order valence-electron chi connectivity index (χ1n) is 6.67. The topological polar surface area (TPSA) is 83.6 Å². The monoisotopic (exact) mass is 278 g/mol. The van der Waals surface area contributed by atoms with Crippen molar-refractivity contribution in [2.24, 2.45) is 0 Å². The summed E-state index contributed by atoms with van der Waals surface area (Å²) in [4.78, 5) is 24.8. The molecule has 1 aromatic carbocycles. The lowest BCUT2D eigenvalue weighted by atomic mass is 10.0. The van der Waals surface area contributed by atoms with Crippen molar-refractivity contribution in [3.8, 4) is 0 Å². The van der Waals surface area contributed by atoms with Gasteiger partial charge in [-0.3, -0.25) is 4.79 Å². The minimum atomic E-state index is -1.19. The van der Waals surface area contributed by atoms with Gasteiger partial charge in [-0.2, -0.15) is 0 Å². The summed E-state index contributed by atoms with van der Waals surface area (Å²) in [6.45, 7) is 5.23. The number of likely N-dealkylation sites (N-methyl/N-ethyl adjacent to an activating group) is 1. The number of amides is 1. The molecule has 0 radical (unpaired) electrons. The van der Waals surface area contributed by atoms with E-state index in [4.69, 9.17) is 5.73 Å². The molecule has 0 saturated heterocycles. The molecule has 1 rings (SSSR count). The zero-order chi connectivity index (χ0) is 15.3. The van der Waals surface area contributed by atoms with E-state index in [0.717, 1.165) is 5.56 Å². The molecule has 0 unspecified atom stereocenters. The highest BCUT2D eigenvalue weighted by molar-refractivity contribution is 5.86. The standard InChI is InChI=1S/C15H22N2O3/c1-4-17(15(2,3)14(19)20)13(18)9-8-11-6-5-7-12(16)10-11/h5-7,10H,4,8-9,16H2,1-3H3,(H,19,20). The zero-order valence-electron chi connectivity index (χ0n) is 12.2. The molecule has 0 spiro atoms. The van der Waals surface area contributed by atoms with Crippen LogP contribution >= 0.6 is 0 Å². The molecule has 1 amide bonds. The average Bonchev–Trinajstić information content (AvgIpc) is 2.36. The summed E-state index contributed by atoms with van der Waals surface area (Å²) < 4.78 is 0. The molecular weight excluding hydrogens is 256 g/mol. The molecule has 3 N–H and O–H groups in total. The van der Waals surface area contributed by atoms with Crippen LogP contribution in [0.1, 0.15) is 32.8 Å². The van der Waals surface area contributed by atoms with Gasteiger partial charge in [0.15, 0.2) is 0 Å². The van der Waals surface area contributed by atoms with Crippen LogP contribution in [-0.4, -0.2) is 34.0 Å². The Hall–Kier alpha value is -2.04. The second kappa shape index (κ2) is 6.41. The summed E-state index contributed by atoms with van der Waals surface area (Å²) in [5, 5.41) is 9.20. The summed E-state index contributed by atoms with van der Waals surface area (Å²) in [6, 6.07) is 7.36. The Labute approximate surface area is 119 Å². The third-order valence-electron chi connectivity index (χ3n) is 3.39. The predicted molar refractivity (Wildman–Crippen MR) is 78.3 cm³/mol. The summed E-state index contributed by atoms with van der Waals surface area (Å²) in [5.74, 6) is -1.17. The van der Waals surface area contributed by atoms with Crippen molar-refractivity contribution in [2.75, 3.05) is 12.3 Å². The summed E-state index contributed by atoms with van der Waals surface area (Å²) in [7, 11) is 0. The van der Waals surface area contributed by atoms with E-state index in [9.17, 15) is 14.7 Å². The smallest absolute Gasteiger partial charge is 0.329 e. The molecule has 5 nitrogen and oxygen atoms in total. The number of hydrogen-bond donors (Lipinski definition) is 2. The quantitative estimate of drug-likeness (QED) is 0.779. The Morgan fingerprint density at radius 3 is 2.50 bits per heavy atom. The molecule has 0 aliphatic carbocycles. The van der Waals surface area contributed by atoms with Crippen LogP contribution in [0.25, 0.3) is 0 Å². The lowest BCUT2D eigenvalue weighted by molar-refractivity contribution is -0.156. The molecule has 0 fully saturated rings. The number of rotatable bonds is 6. The molecule has 1 aromatic rings. The van der Waals surface area contributed by atoms with Gasteiger partial charge in [0.1, 0.15) is 5.54 Å². The summed E-state index contributed by atoms with van der Waals surface area (Å²) >= 11 is 0. The highest BCUT2D eigenvalue weighted by Gasteiger charge is 2.36. The minimum Gasteiger partial charge on any atom is -0.480 e. The molecule has 110 valence electrons. The first-order chi connectivity index (χ1) is 9.28. The van der Waals surface area contributed by atoms with Gasteiger partial charge in [-0.1, -0.05) is 12.1 Å². The van der Waals surface area contributed by atoms with Crippen molar-refractivity contribution in [2.45, 2.75) is 39.2 Å². The van der Waals surface area contributed by atoms with Crippen LogP contribution in [0.3, 0.4) is 0 Å². The van der Waals surface area contributed by atoms with Gasteiger partial charge in [-0.05, 0) is 44.9 Å². The van der Waals surface area contributed by atoms with Gasteiger partial charge in [-0.15, -0.1) is 0 Å². The van der Waals surface area contributed by atoms with Crippen LogP contribution < -0.4 is 5.73 Å². The number of nitrogen functional groups attached to an aromatic ring is 1. The SMILES string of the molecule is CCN(C(=O)CCc1cccc(N)c1)C(C)(C)C(=O)O. The van der Waals surface area contributed by atoms with Gasteiger partial charge in [0, 0.05) is 18.7 Å². The molecule has 0 aliphatic heterocycles. The van der Waals surface area contributed by atoms with Gasteiger partial charge < -0.3 is 15.7 Å². The van der Waals surface area contributed by atoms with E-state index >= 15 is 0 Å². The van der Waals surface area contributed by atoms with Crippen LogP contribution in [0.4, 0.5) is 5.69 Å². The number of nitrogens with zero attached hydrogens (tertiary/aromatic N) is 1. The minimum absolute atomic E-state index is 0.165. The maximum atomic E-state index is 12.2. The third kappa shape index (κ3) is 3.73. The molecule has 0 atom stereocenters. The Morgan fingerprint density at radius 2 is 2.00 bits per heavy atom. The Kier molecular flexibility index (Phi) is 5.13. The third-order valence-corrected chi connectivity index (χ3v) is 3.39. The van der Waals surface area contributed by atoms with E-state index in [1.54, 1.807) is 13.0 Å². The number of carboxylic acids is 1. The number of carbonyl (C=O) groups is 2.